The lowest BCUT2D eigenvalue weighted by Crippen LogP contribution is -2.29. The largest absolute Gasteiger partial charge is 0.484 e. The van der Waals surface area contributed by atoms with E-state index in [1.165, 1.54) is 0 Å². The van der Waals surface area contributed by atoms with Gasteiger partial charge in [-0.1, -0.05) is 55.0 Å². The maximum atomic E-state index is 13.0. The number of nitrogens with one attached hydrogen (secondary N) is 1. The number of carbonyl (C=O) groups is 1. The van der Waals surface area contributed by atoms with Gasteiger partial charge in [-0.05, 0) is 63.0 Å². The number of aromatic nitrogens is 6. The van der Waals surface area contributed by atoms with E-state index in [0.29, 0.717) is 23.9 Å². The van der Waals surface area contributed by atoms with Crippen molar-refractivity contribution >= 4 is 32.8 Å². The molecular weight excluding hydrogens is 550 g/mol. The number of carbonyl (C=O) groups excluding carboxylic acids is 1. The number of para-hydroxylation sites is 1. The molecule has 3 aromatic carbocycles. The minimum atomic E-state index is -0.443. The molecule has 1 amide bonds. The molecule has 0 saturated heterocycles. The minimum Gasteiger partial charge on any atom is -0.484 e. The normalized spacial score (nSPS) is 11.0. The van der Waals surface area contributed by atoms with Crippen molar-refractivity contribution in [2.45, 2.75) is 32.9 Å². The first-order valence-corrected chi connectivity index (χ1v) is 12.9. The van der Waals surface area contributed by atoms with E-state index in [0.717, 1.165) is 45.0 Å². The Balaban J connectivity index is 1.27. The van der Waals surface area contributed by atoms with Crippen molar-refractivity contribution in [1.82, 2.24) is 35.3 Å². The zero-order chi connectivity index (χ0) is 26.5. The van der Waals surface area contributed by atoms with Crippen LogP contribution in [0.3, 0.4) is 0 Å². The highest BCUT2D eigenvalue weighted by molar-refractivity contribution is 9.10. The third kappa shape index (κ3) is 5.52. The average Bonchev–Trinajstić information content (AvgIpc) is 3.59. The SMILES string of the molecule is CCCc1c(OC(=O)N(C)Cc2ccc3c(Br)c(OCc4nn[nH]n4)ccc3c2)cnn1-c1ccccc1. The molecule has 11 heteroatoms. The van der Waals surface area contributed by atoms with Crippen LogP contribution in [0.2, 0.25) is 0 Å². The smallest absolute Gasteiger partial charge is 0.415 e. The third-order valence-electron chi connectivity index (χ3n) is 5.98. The molecule has 5 aromatic rings. The van der Waals surface area contributed by atoms with Gasteiger partial charge >= 0.3 is 6.09 Å². The van der Waals surface area contributed by atoms with E-state index in [-0.39, 0.29) is 6.61 Å². The summed E-state index contributed by atoms with van der Waals surface area (Å²) in [6.07, 6.45) is 2.80. The molecule has 0 aliphatic heterocycles. The van der Waals surface area contributed by atoms with Gasteiger partial charge in [-0.25, -0.2) is 9.48 Å². The van der Waals surface area contributed by atoms with Gasteiger partial charge in [0.25, 0.3) is 0 Å². The number of tetrazole rings is 1. The summed E-state index contributed by atoms with van der Waals surface area (Å²) in [5.41, 5.74) is 2.77. The van der Waals surface area contributed by atoms with Crippen molar-refractivity contribution in [2.24, 2.45) is 0 Å². The summed E-state index contributed by atoms with van der Waals surface area (Å²) in [5, 5.41) is 20.2. The van der Waals surface area contributed by atoms with Crippen LogP contribution in [0.5, 0.6) is 11.5 Å². The zero-order valence-corrected chi connectivity index (χ0v) is 22.6. The predicted molar refractivity (Wildman–Crippen MR) is 145 cm³/mol. The van der Waals surface area contributed by atoms with Crippen LogP contribution in [0.15, 0.2) is 71.3 Å². The second-order valence-corrected chi connectivity index (χ2v) is 9.52. The summed E-state index contributed by atoms with van der Waals surface area (Å²) >= 11 is 3.64. The van der Waals surface area contributed by atoms with Gasteiger partial charge < -0.3 is 14.4 Å². The molecule has 0 atom stereocenters. The van der Waals surface area contributed by atoms with E-state index in [1.54, 1.807) is 18.1 Å². The second kappa shape index (κ2) is 11.4. The van der Waals surface area contributed by atoms with Gasteiger partial charge in [0, 0.05) is 13.6 Å². The Morgan fingerprint density at radius 3 is 2.71 bits per heavy atom. The highest BCUT2D eigenvalue weighted by atomic mass is 79.9. The number of nitrogens with zero attached hydrogens (tertiary/aromatic N) is 6. The first kappa shape index (κ1) is 25.4. The molecular formula is C27H26BrN7O3. The number of H-pyrrole nitrogens is 1. The van der Waals surface area contributed by atoms with Gasteiger partial charge in [0.15, 0.2) is 12.4 Å². The summed E-state index contributed by atoms with van der Waals surface area (Å²) in [6, 6.07) is 19.7. The summed E-state index contributed by atoms with van der Waals surface area (Å²) in [5.74, 6) is 1.62. The van der Waals surface area contributed by atoms with E-state index in [9.17, 15) is 4.79 Å². The van der Waals surface area contributed by atoms with Crippen LogP contribution in [0.4, 0.5) is 4.79 Å². The molecule has 0 saturated carbocycles. The van der Waals surface area contributed by atoms with Gasteiger partial charge in [0.05, 0.1) is 22.1 Å². The monoisotopic (exact) mass is 575 g/mol. The fourth-order valence-electron chi connectivity index (χ4n) is 4.13. The summed E-state index contributed by atoms with van der Waals surface area (Å²) in [4.78, 5) is 14.5. The molecule has 0 spiro atoms. The number of benzene rings is 3. The molecule has 5 rings (SSSR count). The number of ether oxygens (including phenoxy) is 2. The Kier molecular flexibility index (Phi) is 7.64. The molecule has 0 fully saturated rings. The van der Waals surface area contributed by atoms with Crippen molar-refractivity contribution in [1.29, 1.82) is 0 Å². The molecule has 0 radical (unpaired) electrons. The van der Waals surface area contributed by atoms with Crippen molar-refractivity contribution < 1.29 is 14.3 Å². The quantitative estimate of drug-likeness (QED) is 0.248. The number of halogens is 1. The van der Waals surface area contributed by atoms with E-state index >= 15 is 0 Å². The Morgan fingerprint density at radius 1 is 1.11 bits per heavy atom. The van der Waals surface area contributed by atoms with E-state index in [1.807, 2.05) is 65.3 Å². The predicted octanol–water partition coefficient (Wildman–Crippen LogP) is 5.46. The third-order valence-corrected chi connectivity index (χ3v) is 6.79. The fraction of sp³-hybridized carbons (Fsp3) is 0.222. The van der Waals surface area contributed by atoms with E-state index < -0.39 is 6.09 Å². The molecule has 194 valence electrons. The zero-order valence-electron chi connectivity index (χ0n) is 21.0. The molecule has 0 aliphatic carbocycles. The molecule has 0 unspecified atom stereocenters. The molecule has 2 heterocycles. The van der Waals surface area contributed by atoms with Crippen molar-refractivity contribution in [3.8, 4) is 17.2 Å². The first-order valence-electron chi connectivity index (χ1n) is 12.1. The Labute approximate surface area is 227 Å². The Morgan fingerprint density at radius 2 is 1.95 bits per heavy atom. The molecule has 2 aromatic heterocycles. The lowest BCUT2D eigenvalue weighted by atomic mass is 10.1. The van der Waals surface area contributed by atoms with Crippen LogP contribution in [0.25, 0.3) is 16.5 Å². The molecule has 0 bridgehead atoms. The van der Waals surface area contributed by atoms with Crippen molar-refractivity contribution in [3.05, 3.63) is 88.4 Å². The topological polar surface area (TPSA) is 111 Å². The van der Waals surface area contributed by atoms with Crippen LogP contribution < -0.4 is 9.47 Å². The molecule has 0 aliphatic rings. The number of fused-ring (bicyclic) bond motifs is 1. The standard InChI is InChI=1S/C27H26BrN7O3/c1-3-7-22-24(15-29-35(22)20-8-5-4-6-9-20)38-27(36)34(2)16-18-10-12-21-19(14-18)11-13-23(26(21)28)37-17-25-30-32-33-31-25/h4-6,8-15H,3,7,16-17H2,1-2H3,(H,30,31,32,33). The second-order valence-electron chi connectivity index (χ2n) is 8.73. The molecule has 38 heavy (non-hydrogen) atoms. The summed E-state index contributed by atoms with van der Waals surface area (Å²) in [7, 11) is 1.72. The lowest BCUT2D eigenvalue weighted by molar-refractivity contribution is 0.160. The number of rotatable bonds is 9. The summed E-state index contributed by atoms with van der Waals surface area (Å²) in [6.45, 7) is 2.68. The van der Waals surface area contributed by atoms with Crippen molar-refractivity contribution in [3.63, 3.8) is 0 Å². The minimum absolute atomic E-state index is 0.204. The maximum absolute atomic E-state index is 13.0. The first-order chi connectivity index (χ1) is 18.5. The highest BCUT2D eigenvalue weighted by Crippen LogP contribution is 2.34. The van der Waals surface area contributed by atoms with Gasteiger partial charge in [0.1, 0.15) is 5.75 Å². The van der Waals surface area contributed by atoms with E-state index in [2.05, 4.69) is 48.6 Å². The Bertz CT molecular complexity index is 1540. The average molecular weight is 576 g/mol. The molecule has 1 N–H and O–H groups in total. The van der Waals surface area contributed by atoms with Gasteiger partial charge in [0.2, 0.25) is 5.82 Å². The number of hydrogen-bond acceptors (Lipinski definition) is 7. The fourth-order valence-corrected chi connectivity index (χ4v) is 4.74. The van der Waals surface area contributed by atoms with Crippen LogP contribution in [0, 0.1) is 0 Å². The van der Waals surface area contributed by atoms with E-state index in [4.69, 9.17) is 9.47 Å². The number of amides is 1. The van der Waals surface area contributed by atoms with Crippen LogP contribution in [0.1, 0.15) is 30.4 Å². The number of aromatic amines is 1. The maximum Gasteiger partial charge on any atom is 0.415 e. The van der Waals surface area contributed by atoms with Gasteiger partial charge in [-0.2, -0.15) is 10.3 Å². The van der Waals surface area contributed by atoms with Gasteiger partial charge in [-0.3, -0.25) is 0 Å². The van der Waals surface area contributed by atoms with Gasteiger partial charge in [-0.15, -0.1) is 10.2 Å². The van der Waals surface area contributed by atoms with Crippen LogP contribution in [-0.2, 0) is 19.6 Å². The van der Waals surface area contributed by atoms with Crippen LogP contribution >= 0.6 is 15.9 Å². The Hall–Kier alpha value is -4.25. The lowest BCUT2D eigenvalue weighted by Gasteiger charge is -2.18. The number of hydrogen-bond donors (Lipinski definition) is 1. The van der Waals surface area contributed by atoms with Crippen LogP contribution in [-0.4, -0.2) is 48.4 Å². The highest BCUT2D eigenvalue weighted by Gasteiger charge is 2.19. The van der Waals surface area contributed by atoms with Crippen molar-refractivity contribution in [2.75, 3.05) is 7.05 Å². The summed E-state index contributed by atoms with van der Waals surface area (Å²) < 4.78 is 14.3. The molecule has 10 nitrogen and oxygen atoms in total.